The van der Waals surface area contributed by atoms with Crippen LogP contribution in [0.3, 0.4) is 0 Å². The standard InChI is InChI=1S/C15H11ClFN3S/c16-11-5-2-1-4-10(11)14-9-21-15(20-14)19-8-13-12(17)6-3-7-18-13/h1-7,9H,8H2,(H,19,20). The Labute approximate surface area is 130 Å². The van der Waals surface area contributed by atoms with Gasteiger partial charge in [0.05, 0.1) is 17.9 Å². The number of rotatable bonds is 4. The van der Waals surface area contributed by atoms with E-state index in [-0.39, 0.29) is 5.82 Å². The van der Waals surface area contributed by atoms with Gasteiger partial charge in [0.25, 0.3) is 0 Å². The number of benzene rings is 1. The summed E-state index contributed by atoms with van der Waals surface area (Å²) in [6.07, 6.45) is 1.57. The van der Waals surface area contributed by atoms with Gasteiger partial charge in [-0.1, -0.05) is 29.8 Å². The lowest BCUT2D eigenvalue weighted by molar-refractivity contribution is 0.602. The van der Waals surface area contributed by atoms with Gasteiger partial charge in [0, 0.05) is 22.2 Å². The number of thiazole rings is 1. The minimum atomic E-state index is -0.326. The van der Waals surface area contributed by atoms with E-state index in [4.69, 9.17) is 11.6 Å². The van der Waals surface area contributed by atoms with Crippen molar-refractivity contribution in [3.63, 3.8) is 0 Å². The van der Waals surface area contributed by atoms with E-state index in [1.807, 2.05) is 29.6 Å². The lowest BCUT2D eigenvalue weighted by atomic mass is 10.2. The van der Waals surface area contributed by atoms with Crippen LogP contribution in [-0.2, 0) is 6.54 Å². The van der Waals surface area contributed by atoms with Crippen LogP contribution >= 0.6 is 22.9 Å². The average molecular weight is 320 g/mol. The lowest BCUT2D eigenvalue weighted by Gasteiger charge is -2.03. The molecule has 0 saturated heterocycles. The summed E-state index contributed by atoms with van der Waals surface area (Å²) >= 11 is 7.59. The van der Waals surface area contributed by atoms with Crippen molar-refractivity contribution in [1.82, 2.24) is 9.97 Å². The third-order valence-corrected chi connectivity index (χ3v) is 4.03. The van der Waals surface area contributed by atoms with Crippen molar-refractivity contribution in [2.75, 3.05) is 5.32 Å². The average Bonchev–Trinajstić information content (AvgIpc) is 2.96. The predicted molar refractivity (Wildman–Crippen MR) is 84.1 cm³/mol. The molecule has 0 aliphatic heterocycles. The first-order chi connectivity index (χ1) is 10.2. The highest BCUT2D eigenvalue weighted by Crippen LogP contribution is 2.30. The van der Waals surface area contributed by atoms with Gasteiger partial charge in [0.2, 0.25) is 0 Å². The third kappa shape index (κ3) is 3.20. The minimum Gasteiger partial charge on any atom is -0.356 e. The van der Waals surface area contributed by atoms with Gasteiger partial charge in [-0.05, 0) is 18.2 Å². The molecule has 0 saturated carbocycles. The Morgan fingerprint density at radius 3 is 2.86 bits per heavy atom. The molecule has 0 unspecified atom stereocenters. The Morgan fingerprint density at radius 2 is 2.05 bits per heavy atom. The number of hydrogen-bond donors (Lipinski definition) is 1. The monoisotopic (exact) mass is 319 g/mol. The van der Waals surface area contributed by atoms with Crippen LogP contribution < -0.4 is 5.32 Å². The lowest BCUT2D eigenvalue weighted by Crippen LogP contribution is -2.03. The van der Waals surface area contributed by atoms with Gasteiger partial charge < -0.3 is 5.32 Å². The second-order valence-corrected chi connectivity index (χ2v) is 5.57. The van der Waals surface area contributed by atoms with Gasteiger partial charge in [-0.3, -0.25) is 4.98 Å². The molecule has 0 atom stereocenters. The first kappa shape index (κ1) is 14.0. The SMILES string of the molecule is Fc1cccnc1CNc1nc(-c2ccccc2Cl)cs1. The van der Waals surface area contributed by atoms with E-state index in [0.29, 0.717) is 22.4 Å². The van der Waals surface area contributed by atoms with E-state index in [9.17, 15) is 4.39 Å². The van der Waals surface area contributed by atoms with Crippen molar-refractivity contribution >= 4 is 28.1 Å². The van der Waals surface area contributed by atoms with Gasteiger partial charge in [0.1, 0.15) is 5.82 Å². The van der Waals surface area contributed by atoms with Crippen LogP contribution in [0.15, 0.2) is 48.0 Å². The molecule has 3 nitrogen and oxygen atoms in total. The van der Waals surface area contributed by atoms with Crippen LogP contribution in [0.4, 0.5) is 9.52 Å². The minimum absolute atomic E-state index is 0.294. The Hall–Kier alpha value is -1.98. The molecule has 1 aromatic carbocycles. The van der Waals surface area contributed by atoms with Gasteiger partial charge in [-0.25, -0.2) is 9.37 Å². The van der Waals surface area contributed by atoms with Crippen molar-refractivity contribution in [3.05, 3.63) is 64.5 Å². The van der Waals surface area contributed by atoms with Crippen LogP contribution in [-0.4, -0.2) is 9.97 Å². The highest BCUT2D eigenvalue weighted by atomic mass is 35.5. The van der Waals surface area contributed by atoms with Crippen molar-refractivity contribution in [2.24, 2.45) is 0 Å². The van der Waals surface area contributed by atoms with Gasteiger partial charge in [-0.2, -0.15) is 0 Å². The molecule has 21 heavy (non-hydrogen) atoms. The maximum Gasteiger partial charge on any atom is 0.183 e. The molecular formula is C15H11ClFN3S. The molecular weight excluding hydrogens is 309 g/mol. The van der Waals surface area contributed by atoms with Crippen LogP contribution in [0.1, 0.15) is 5.69 Å². The fraction of sp³-hybridized carbons (Fsp3) is 0.0667. The Kier molecular flexibility index (Phi) is 4.13. The second-order valence-electron chi connectivity index (χ2n) is 4.30. The van der Waals surface area contributed by atoms with Crippen molar-refractivity contribution in [3.8, 4) is 11.3 Å². The van der Waals surface area contributed by atoms with E-state index in [0.717, 1.165) is 11.3 Å². The molecule has 3 aromatic rings. The Bertz CT molecular complexity index is 760. The molecule has 2 aromatic heterocycles. The number of nitrogens with one attached hydrogen (secondary N) is 1. The number of nitrogens with zero attached hydrogens (tertiary/aromatic N) is 2. The Balaban J connectivity index is 1.74. The number of aromatic nitrogens is 2. The van der Waals surface area contributed by atoms with Crippen molar-refractivity contribution in [2.45, 2.75) is 6.54 Å². The smallest absolute Gasteiger partial charge is 0.183 e. The summed E-state index contributed by atoms with van der Waals surface area (Å²) in [5.74, 6) is -0.326. The van der Waals surface area contributed by atoms with E-state index in [1.54, 1.807) is 12.3 Å². The maximum absolute atomic E-state index is 13.5. The second kappa shape index (κ2) is 6.20. The molecule has 0 spiro atoms. The van der Waals surface area contributed by atoms with Gasteiger partial charge in [-0.15, -0.1) is 11.3 Å². The number of halogens is 2. The molecule has 6 heteroatoms. The normalized spacial score (nSPS) is 10.6. The van der Waals surface area contributed by atoms with Crippen molar-refractivity contribution < 1.29 is 4.39 Å². The Morgan fingerprint density at radius 1 is 1.19 bits per heavy atom. The molecule has 1 N–H and O–H groups in total. The molecule has 106 valence electrons. The molecule has 0 fully saturated rings. The molecule has 3 rings (SSSR count). The highest BCUT2D eigenvalue weighted by molar-refractivity contribution is 7.14. The van der Waals surface area contributed by atoms with Crippen LogP contribution in [0, 0.1) is 5.82 Å². The van der Waals surface area contributed by atoms with E-state index in [2.05, 4.69) is 15.3 Å². The van der Waals surface area contributed by atoms with E-state index in [1.165, 1.54) is 17.4 Å². The molecule has 0 bridgehead atoms. The predicted octanol–water partition coefficient (Wildman–Crippen LogP) is 4.61. The molecule has 0 aliphatic rings. The molecule has 0 aliphatic carbocycles. The van der Waals surface area contributed by atoms with E-state index >= 15 is 0 Å². The first-order valence-electron chi connectivity index (χ1n) is 6.28. The summed E-state index contributed by atoms with van der Waals surface area (Å²) < 4.78 is 13.5. The van der Waals surface area contributed by atoms with Crippen LogP contribution in [0.2, 0.25) is 5.02 Å². The van der Waals surface area contributed by atoms with E-state index < -0.39 is 0 Å². The summed E-state index contributed by atoms with van der Waals surface area (Å²) in [4.78, 5) is 8.45. The quantitative estimate of drug-likeness (QED) is 0.763. The van der Waals surface area contributed by atoms with Crippen LogP contribution in [0.5, 0.6) is 0 Å². The van der Waals surface area contributed by atoms with Gasteiger partial charge >= 0.3 is 0 Å². The summed E-state index contributed by atoms with van der Waals surface area (Å²) in [6, 6.07) is 10.5. The summed E-state index contributed by atoms with van der Waals surface area (Å²) in [5.41, 5.74) is 2.05. The molecule has 0 radical (unpaired) electrons. The fourth-order valence-electron chi connectivity index (χ4n) is 1.86. The molecule has 0 amide bonds. The highest BCUT2D eigenvalue weighted by Gasteiger charge is 2.08. The van der Waals surface area contributed by atoms with Gasteiger partial charge in [0.15, 0.2) is 5.13 Å². The zero-order chi connectivity index (χ0) is 14.7. The number of pyridine rings is 1. The largest absolute Gasteiger partial charge is 0.356 e. The van der Waals surface area contributed by atoms with Crippen molar-refractivity contribution in [1.29, 1.82) is 0 Å². The zero-order valence-electron chi connectivity index (χ0n) is 10.9. The first-order valence-corrected chi connectivity index (χ1v) is 7.53. The summed E-state index contributed by atoms with van der Waals surface area (Å²) in [7, 11) is 0. The summed E-state index contributed by atoms with van der Waals surface area (Å²) in [6.45, 7) is 0.294. The maximum atomic E-state index is 13.5. The molecule has 2 heterocycles. The van der Waals surface area contributed by atoms with Crippen LogP contribution in [0.25, 0.3) is 11.3 Å². The third-order valence-electron chi connectivity index (χ3n) is 2.90. The number of anilines is 1. The zero-order valence-corrected chi connectivity index (χ0v) is 12.5. The topological polar surface area (TPSA) is 37.8 Å². The summed E-state index contributed by atoms with van der Waals surface area (Å²) in [5, 5.41) is 6.35. The number of hydrogen-bond acceptors (Lipinski definition) is 4. The fourth-order valence-corrected chi connectivity index (χ4v) is 2.80.